The van der Waals surface area contributed by atoms with Crippen LogP contribution in [0.5, 0.6) is 0 Å². The Morgan fingerprint density at radius 1 is 0.969 bits per heavy atom. The third kappa shape index (κ3) is 4.65. The summed E-state index contributed by atoms with van der Waals surface area (Å²) in [7, 11) is -3.73. The maximum absolute atomic E-state index is 12.9. The van der Waals surface area contributed by atoms with Gasteiger partial charge in [-0.15, -0.1) is 0 Å². The molecule has 166 valence electrons. The fourth-order valence-electron chi connectivity index (χ4n) is 3.37. The number of anilines is 3. The van der Waals surface area contributed by atoms with Gasteiger partial charge in [-0.1, -0.05) is 0 Å². The van der Waals surface area contributed by atoms with Gasteiger partial charge in [0.15, 0.2) is 0 Å². The van der Waals surface area contributed by atoms with Crippen LogP contribution in [0.2, 0.25) is 0 Å². The van der Waals surface area contributed by atoms with Crippen molar-refractivity contribution in [1.82, 2.24) is 19.3 Å². The molecule has 0 atom stereocenters. The van der Waals surface area contributed by atoms with Crippen molar-refractivity contribution in [2.24, 2.45) is 0 Å². The van der Waals surface area contributed by atoms with Gasteiger partial charge in [0, 0.05) is 50.6 Å². The summed E-state index contributed by atoms with van der Waals surface area (Å²) >= 11 is 0. The van der Waals surface area contributed by atoms with Gasteiger partial charge in [0.2, 0.25) is 10.0 Å². The largest absolute Gasteiger partial charge is 0.354 e. The Hall–Kier alpha value is -3.64. The molecule has 12 heteroatoms. The Kier molecular flexibility index (Phi) is 5.97. The van der Waals surface area contributed by atoms with Crippen molar-refractivity contribution in [1.29, 1.82) is 0 Å². The number of aromatic nitrogens is 3. The zero-order valence-corrected chi connectivity index (χ0v) is 18.1. The predicted molar refractivity (Wildman–Crippen MR) is 118 cm³/mol. The third-order valence-electron chi connectivity index (χ3n) is 5.07. The molecular formula is C20H21N7O4S. The van der Waals surface area contributed by atoms with Crippen LogP contribution in [0.1, 0.15) is 5.56 Å². The van der Waals surface area contributed by atoms with Crippen LogP contribution < -0.4 is 10.2 Å². The SMILES string of the molecule is Cc1ccnc(Nc2cc(N3CCN(S(=O)(=O)c4ccc([N+](=O)[O-])cc4)CC3)ncn2)c1. The van der Waals surface area contributed by atoms with Gasteiger partial charge in [0.05, 0.1) is 9.82 Å². The van der Waals surface area contributed by atoms with E-state index in [4.69, 9.17) is 0 Å². The van der Waals surface area contributed by atoms with Gasteiger partial charge in [-0.2, -0.15) is 4.31 Å². The highest BCUT2D eigenvalue weighted by atomic mass is 32.2. The molecular weight excluding hydrogens is 434 g/mol. The number of sulfonamides is 1. The second kappa shape index (κ2) is 8.85. The molecule has 32 heavy (non-hydrogen) atoms. The first-order valence-corrected chi connectivity index (χ1v) is 11.3. The average molecular weight is 456 g/mol. The van der Waals surface area contributed by atoms with E-state index in [1.54, 1.807) is 12.3 Å². The van der Waals surface area contributed by atoms with Crippen molar-refractivity contribution in [2.75, 3.05) is 36.4 Å². The van der Waals surface area contributed by atoms with Crippen LogP contribution in [0, 0.1) is 17.0 Å². The molecule has 3 aromatic rings. The number of nitro benzene ring substituents is 1. The number of nitrogens with one attached hydrogen (secondary N) is 1. The van der Waals surface area contributed by atoms with E-state index < -0.39 is 14.9 Å². The smallest absolute Gasteiger partial charge is 0.269 e. The third-order valence-corrected chi connectivity index (χ3v) is 6.99. The van der Waals surface area contributed by atoms with Crippen LogP contribution in [0.15, 0.2) is 59.9 Å². The Labute approximate surface area is 185 Å². The number of nitro groups is 1. The second-order valence-corrected chi connectivity index (χ2v) is 9.18. The molecule has 1 saturated heterocycles. The van der Waals surface area contributed by atoms with Gasteiger partial charge in [0.1, 0.15) is 23.8 Å². The summed E-state index contributed by atoms with van der Waals surface area (Å²) in [5.74, 6) is 1.95. The lowest BCUT2D eigenvalue weighted by Crippen LogP contribution is -2.48. The van der Waals surface area contributed by atoms with Gasteiger partial charge in [-0.05, 0) is 36.8 Å². The zero-order valence-electron chi connectivity index (χ0n) is 17.2. The molecule has 11 nitrogen and oxygen atoms in total. The van der Waals surface area contributed by atoms with E-state index in [2.05, 4.69) is 20.3 Å². The highest BCUT2D eigenvalue weighted by Crippen LogP contribution is 2.23. The number of piperazine rings is 1. The molecule has 0 saturated carbocycles. The lowest BCUT2D eigenvalue weighted by Gasteiger charge is -2.34. The predicted octanol–water partition coefficient (Wildman–Crippen LogP) is 2.34. The number of rotatable bonds is 6. The van der Waals surface area contributed by atoms with Gasteiger partial charge in [-0.3, -0.25) is 10.1 Å². The van der Waals surface area contributed by atoms with Crippen molar-refractivity contribution in [3.63, 3.8) is 0 Å². The Morgan fingerprint density at radius 3 is 2.31 bits per heavy atom. The number of pyridine rings is 1. The van der Waals surface area contributed by atoms with E-state index in [-0.39, 0.29) is 23.7 Å². The standard InChI is InChI=1S/C20H21N7O4S/c1-15-6-7-21-18(12-15)24-19-13-20(23-14-22-19)25-8-10-26(11-9-25)32(30,31)17-4-2-16(3-5-17)27(28)29/h2-7,12-14H,8-11H2,1H3,(H,21,22,23,24). The van der Waals surface area contributed by atoms with Crippen LogP contribution in [0.3, 0.4) is 0 Å². The zero-order chi connectivity index (χ0) is 22.7. The van der Waals surface area contributed by atoms with Crippen LogP contribution in [0.25, 0.3) is 0 Å². The van der Waals surface area contributed by atoms with Crippen molar-refractivity contribution in [2.45, 2.75) is 11.8 Å². The topological polar surface area (TPSA) is 134 Å². The van der Waals surface area contributed by atoms with Gasteiger partial charge in [-0.25, -0.2) is 23.4 Å². The van der Waals surface area contributed by atoms with Crippen LogP contribution >= 0.6 is 0 Å². The summed E-state index contributed by atoms with van der Waals surface area (Å²) in [5.41, 5.74) is 0.921. The van der Waals surface area contributed by atoms with Crippen molar-refractivity contribution < 1.29 is 13.3 Å². The van der Waals surface area contributed by atoms with E-state index in [1.807, 2.05) is 24.0 Å². The normalized spacial score (nSPS) is 14.8. The number of hydrogen-bond acceptors (Lipinski definition) is 9. The molecule has 1 fully saturated rings. The first-order valence-electron chi connectivity index (χ1n) is 9.84. The van der Waals surface area contributed by atoms with E-state index in [0.29, 0.717) is 30.5 Å². The molecule has 0 bridgehead atoms. The molecule has 0 aliphatic carbocycles. The van der Waals surface area contributed by atoms with Crippen molar-refractivity contribution in [3.05, 3.63) is 70.7 Å². The molecule has 1 aromatic carbocycles. The fraction of sp³-hybridized carbons (Fsp3) is 0.250. The summed E-state index contributed by atoms with van der Waals surface area (Å²) in [6.45, 7) is 3.41. The summed E-state index contributed by atoms with van der Waals surface area (Å²) in [6, 6.07) is 10.5. The van der Waals surface area contributed by atoms with Gasteiger partial charge >= 0.3 is 0 Å². The van der Waals surface area contributed by atoms with Crippen LogP contribution in [0.4, 0.5) is 23.1 Å². The van der Waals surface area contributed by atoms with E-state index in [9.17, 15) is 18.5 Å². The molecule has 1 N–H and O–H groups in total. The van der Waals surface area contributed by atoms with E-state index in [1.165, 1.54) is 34.9 Å². The lowest BCUT2D eigenvalue weighted by atomic mass is 10.3. The van der Waals surface area contributed by atoms with E-state index >= 15 is 0 Å². The molecule has 1 aliphatic rings. The number of aryl methyl sites for hydroxylation is 1. The maximum atomic E-state index is 12.9. The first kappa shape index (κ1) is 21.6. The summed E-state index contributed by atoms with van der Waals surface area (Å²) in [5, 5.41) is 13.9. The molecule has 4 rings (SSSR count). The fourth-order valence-corrected chi connectivity index (χ4v) is 4.79. The minimum Gasteiger partial charge on any atom is -0.354 e. The highest BCUT2D eigenvalue weighted by molar-refractivity contribution is 7.89. The minimum absolute atomic E-state index is 0.0377. The number of hydrogen-bond donors (Lipinski definition) is 1. The van der Waals surface area contributed by atoms with Crippen molar-refractivity contribution >= 4 is 33.2 Å². The number of non-ortho nitro benzene ring substituents is 1. The quantitative estimate of drug-likeness (QED) is 0.439. The monoisotopic (exact) mass is 455 g/mol. The average Bonchev–Trinajstić information content (AvgIpc) is 2.79. The molecule has 0 unspecified atom stereocenters. The maximum Gasteiger partial charge on any atom is 0.269 e. The first-order chi connectivity index (χ1) is 15.3. The van der Waals surface area contributed by atoms with Gasteiger partial charge < -0.3 is 10.2 Å². The van der Waals surface area contributed by atoms with Crippen LogP contribution in [-0.4, -0.2) is 58.8 Å². The van der Waals surface area contributed by atoms with E-state index in [0.717, 1.165) is 5.56 Å². The Bertz CT molecular complexity index is 1230. The summed E-state index contributed by atoms with van der Waals surface area (Å²) < 4.78 is 27.2. The number of nitrogens with zero attached hydrogens (tertiary/aromatic N) is 6. The molecule has 0 amide bonds. The van der Waals surface area contributed by atoms with Crippen LogP contribution in [-0.2, 0) is 10.0 Å². The Morgan fingerprint density at radius 2 is 1.66 bits per heavy atom. The van der Waals surface area contributed by atoms with Gasteiger partial charge in [0.25, 0.3) is 5.69 Å². The molecule has 1 aliphatic heterocycles. The lowest BCUT2D eigenvalue weighted by molar-refractivity contribution is -0.384. The molecule has 0 radical (unpaired) electrons. The highest BCUT2D eigenvalue weighted by Gasteiger charge is 2.29. The summed E-state index contributed by atoms with van der Waals surface area (Å²) in [6.07, 6.45) is 3.16. The summed E-state index contributed by atoms with van der Waals surface area (Å²) in [4.78, 5) is 25.1. The minimum atomic E-state index is -3.73. The number of benzene rings is 1. The molecule has 2 aromatic heterocycles. The molecule has 0 spiro atoms. The Balaban J connectivity index is 1.42. The van der Waals surface area contributed by atoms with Crippen molar-refractivity contribution in [3.8, 4) is 0 Å². The molecule has 3 heterocycles. The second-order valence-electron chi connectivity index (χ2n) is 7.25.